The summed E-state index contributed by atoms with van der Waals surface area (Å²) in [6.07, 6.45) is 1.09. The van der Waals surface area contributed by atoms with E-state index in [1.807, 2.05) is 0 Å². The first-order chi connectivity index (χ1) is 10.6. The third-order valence-electron chi connectivity index (χ3n) is 4.42. The lowest BCUT2D eigenvalue weighted by Crippen LogP contribution is -2.52. The molecule has 2 saturated heterocycles. The van der Waals surface area contributed by atoms with Gasteiger partial charge < -0.3 is 10.2 Å². The van der Waals surface area contributed by atoms with Crippen LogP contribution in [-0.4, -0.2) is 61.0 Å². The van der Waals surface area contributed by atoms with Gasteiger partial charge in [-0.15, -0.1) is 12.4 Å². The van der Waals surface area contributed by atoms with Crippen LogP contribution in [0, 0.1) is 17.5 Å². The normalized spacial score (nSPS) is 22.0. The highest BCUT2D eigenvalue weighted by atomic mass is 35.5. The van der Waals surface area contributed by atoms with Crippen molar-refractivity contribution in [3.63, 3.8) is 0 Å². The molecule has 0 bridgehead atoms. The summed E-state index contributed by atoms with van der Waals surface area (Å²) in [6, 6.07) is 2.27. The Labute approximate surface area is 139 Å². The van der Waals surface area contributed by atoms with Gasteiger partial charge in [0, 0.05) is 38.8 Å². The average Bonchev–Trinajstić information content (AvgIpc) is 3.07. The minimum absolute atomic E-state index is 0. The van der Waals surface area contributed by atoms with Crippen molar-refractivity contribution in [3.05, 3.63) is 35.1 Å². The van der Waals surface area contributed by atoms with Crippen LogP contribution < -0.4 is 5.32 Å². The van der Waals surface area contributed by atoms with Gasteiger partial charge in [-0.05, 0) is 25.1 Å². The largest absolute Gasteiger partial charge is 0.336 e. The lowest BCUT2D eigenvalue weighted by Gasteiger charge is -2.37. The number of rotatable bonds is 2. The molecule has 23 heavy (non-hydrogen) atoms. The molecule has 1 unspecified atom stereocenters. The number of carbonyl (C=O) groups excluding carboxylic acids is 1. The lowest BCUT2D eigenvalue weighted by molar-refractivity contribution is 0.0578. The summed E-state index contributed by atoms with van der Waals surface area (Å²) in [6.45, 7) is 4.31. The molecule has 4 nitrogen and oxygen atoms in total. The number of nitrogens with one attached hydrogen (secondary N) is 1. The van der Waals surface area contributed by atoms with Crippen LogP contribution >= 0.6 is 12.4 Å². The van der Waals surface area contributed by atoms with E-state index in [2.05, 4.69) is 10.2 Å². The summed E-state index contributed by atoms with van der Waals surface area (Å²) < 4.78 is 39.9. The van der Waals surface area contributed by atoms with Crippen LogP contribution in [0.1, 0.15) is 16.8 Å². The second kappa shape index (κ2) is 7.51. The molecule has 2 fully saturated rings. The first kappa shape index (κ1) is 18.0. The summed E-state index contributed by atoms with van der Waals surface area (Å²) in [5.74, 6) is -4.87. The third-order valence-corrected chi connectivity index (χ3v) is 4.42. The zero-order valence-corrected chi connectivity index (χ0v) is 13.3. The summed E-state index contributed by atoms with van der Waals surface area (Å²) in [4.78, 5) is 16.1. The summed E-state index contributed by atoms with van der Waals surface area (Å²) >= 11 is 0. The summed E-state index contributed by atoms with van der Waals surface area (Å²) in [5, 5.41) is 3.30. The number of amides is 1. The minimum atomic E-state index is -1.60. The number of piperazine rings is 1. The van der Waals surface area contributed by atoms with Crippen LogP contribution in [0.2, 0.25) is 0 Å². The van der Waals surface area contributed by atoms with Crippen molar-refractivity contribution in [2.45, 2.75) is 12.5 Å². The molecule has 1 aromatic carbocycles. The van der Waals surface area contributed by atoms with E-state index in [0.29, 0.717) is 32.2 Å². The van der Waals surface area contributed by atoms with E-state index in [0.717, 1.165) is 31.6 Å². The maximum atomic E-state index is 13.7. The Kier molecular flexibility index (Phi) is 5.89. The van der Waals surface area contributed by atoms with Crippen LogP contribution in [0.25, 0.3) is 0 Å². The van der Waals surface area contributed by atoms with E-state index < -0.39 is 28.9 Å². The smallest absolute Gasteiger partial charge is 0.257 e. The molecule has 0 saturated carbocycles. The Hall–Kier alpha value is -1.31. The van der Waals surface area contributed by atoms with Crippen molar-refractivity contribution >= 4 is 18.3 Å². The molecule has 2 heterocycles. The van der Waals surface area contributed by atoms with Gasteiger partial charge in [0.05, 0.1) is 5.56 Å². The molecular weight excluding hydrogens is 331 g/mol. The molecule has 1 aromatic rings. The van der Waals surface area contributed by atoms with Crippen molar-refractivity contribution in [3.8, 4) is 0 Å². The fourth-order valence-corrected chi connectivity index (χ4v) is 3.10. The van der Waals surface area contributed by atoms with Crippen molar-refractivity contribution in [2.24, 2.45) is 0 Å². The average molecular weight is 350 g/mol. The third kappa shape index (κ3) is 3.62. The number of hydrogen-bond donors (Lipinski definition) is 1. The van der Waals surface area contributed by atoms with Gasteiger partial charge in [0.15, 0.2) is 17.5 Å². The van der Waals surface area contributed by atoms with Gasteiger partial charge in [-0.3, -0.25) is 9.69 Å². The van der Waals surface area contributed by atoms with Gasteiger partial charge in [-0.1, -0.05) is 0 Å². The summed E-state index contributed by atoms with van der Waals surface area (Å²) in [7, 11) is 0. The molecule has 128 valence electrons. The number of nitrogens with zero attached hydrogens (tertiary/aromatic N) is 2. The molecule has 1 atom stereocenters. The SMILES string of the molecule is Cl.O=C(c1ccc(F)c(F)c1F)N1CCN(C2CCNC2)CC1. The highest BCUT2D eigenvalue weighted by Crippen LogP contribution is 2.19. The molecule has 8 heteroatoms. The first-order valence-electron chi connectivity index (χ1n) is 7.45. The Morgan fingerprint density at radius 3 is 2.39 bits per heavy atom. The zero-order chi connectivity index (χ0) is 15.7. The van der Waals surface area contributed by atoms with E-state index >= 15 is 0 Å². The van der Waals surface area contributed by atoms with Crippen molar-refractivity contribution in [1.29, 1.82) is 0 Å². The van der Waals surface area contributed by atoms with Crippen molar-refractivity contribution < 1.29 is 18.0 Å². The minimum Gasteiger partial charge on any atom is -0.336 e. The van der Waals surface area contributed by atoms with E-state index in [9.17, 15) is 18.0 Å². The van der Waals surface area contributed by atoms with E-state index in [1.54, 1.807) is 0 Å². The molecule has 0 aliphatic carbocycles. The molecule has 2 aliphatic rings. The standard InChI is InChI=1S/C15H18F3N3O.ClH/c16-12-2-1-11(13(17)14(12)18)15(22)21-7-5-20(6-8-21)10-3-4-19-9-10;/h1-2,10,19H,3-9H2;1H. The van der Waals surface area contributed by atoms with Crippen LogP contribution in [0.3, 0.4) is 0 Å². The summed E-state index contributed by atoms with van der Waals surface area (Å²) in [5.41, 5.74) is -0.408. The second-order valence-electron chi connectivity index (χ2n) is 5.70. The Balaban J connectivity index is 0.00000192. The zero-order valence-electron chi connectivity index (χ0n) is 12.5. The molecule has 0 radical (unpaired) electrons. The van der Waals surface area contributed by atoms with Gasteiger partial charge in [0.25, 0.3) is 5.91 Å². The highest BCUT2D eigenvalue weighted by molar-refractivity contribution is 5.94. The fraction of sp³-hybridized carbons (Fsp3) is 0.533. The number of carbonyl (C=O) groups is 1. The number of benzene rings is 1. The van der Waals surface area contributed by atoms with Crippen LogP contribution in [0.4, 0.5) is 13.2 Å². The van der Waals surface area contributed by atoms with Gasteiger partial charge >= 0.3 is 0 Å². The molecule has 0 aromatic heterocycles. The van der Waals surface area contributed by atoms with E-state index in [1.165, 1.54) is 4.90 Å². The van der Waals surface area contributed by atoms with Crippen LogP contribution in [-0.2, 0) is 0 Å². The Morgan fingerprint density at radius 2 is 1.78 bits per heavy atom. The van der Waals surface area contributed by atoms with Crippen LogP contribution in [0.15, 0.2) is 12.1 Å². The Morgan fingerprint density at radius 1 is 1.09 bits per heavy atom. The first-order valence-corrected chi connectivity index (χ1v) is 7.45. The molecular formula is C15H19ClF3N3O. The Bertz CT molecular complexity index is 573. The molecule has 2 aliphatic heterocycles. The maximum absolute atomic E-state index is 13.7. The predicted molar refractivity (Wildman–Crippen MR) is 82.3 cm³/mol. The van der Waals surface area contributed by atoms with Gasteiger partial charge in [0.1, 0.15) is 0 Å². The van der Waals surface area contributed by atoms with Gasteiger partial charge in [0.2, 0.25) is 0 Å². The van der Waals surface area contributed by atoms with E-state index in [-0.39, 0.29) is 12.4 Å². The fourth-order valence-electron chi connectivity index (χ4n) is 3.10. The monoisotopic (exact) mass is 349 g/mol. The molecule has 0 spiro atoms. The van der Waals surface area contributed by atoms with Gasteiger partial charge in [-0.25, -0.2) is 13.2 Å². The maximum Gasteiger partial charge on any atom is 0.257 e. The molecule has 1 N–H and O–H groups in total. The number of hydrogen-bond acceptors (Lipinski definition) is 3. The second-order valence-corrected chi connectivity index (χ2v) is 5.70. The molecule has 3 rings (SSSR count). The highest BCUT2D eigenvalue weighted by Gasteiger charge is 2.29. The van der Waals surface area contributed by atoms with Crippen molar-refractivity contribution in [1.82, 2.24) is 15.1 Å². The van der Waals surface area contributed by atoms with E-state index in [4.69, 9.17) is 0 Å². The van der Waals surface area contributed by atoms with Crippen LogP contribution in [0.5, 0.6) is 0 Å². The lowest BCUT2D eigenvalue weighted by atomic mass is 10.1. The molecule has 1 amide bonds. The predicted octanol–water partition coefficient (Wildman–Crippen LogP) is 1.65. The van der Waals surface area contributed by atoms with Crippen molar-refractivity contribution in [2.75, 3.05) is 39.3 Å². The number of halogens is 4. The van der Waals surface area contributed by atoms with Gasteiger partial charge in [-0.2, -0.15) is 0 Å². The quantitative estimate of drug-likeness (QED) is 0.825. The topological polar surface area (TPSA) is 35.6 Å².